The quantitative estimate of drug-likeness (QED) is 0.898. The van der Waals surface area contributed by atoms with Gasteiger partial charge in [-0.25, -0.2) is 4.39 Å². The molecule has 0 unspecified atom stereocenters. The molecule has 1 aliphatic carbocycles. The lowest BCUT2D eigenvalue weighted by Gasteiger charge is -2.48. The number of halogens is 2. The van der Waals surface area contributed by atoms with Crippen molar-refractivity contribution in [2.45, 2.75) is 24.2 Å². The maximum atomic E-state index is 14.2. The summed E-state index contributed by atoms with van der Waals surface area (Å²) in [6.45, 7) is 0.452. The topological polar surface area (TPSA) is 26.0 Å². The molecule has 0 amide bonds. The minimum atomic E-state index is -0.314. The smallest absolute Gasteiger partial charge is 0.145 e. The highest BCUT2D eigenvalue weighted by Gasteiger charge is 2.46. The van der Waals surface area contributed by atoms with E-state index in [-0.39, 0.29) is 16.3 Å². The summed E-state index contributed by atoms with van der Waals surface area (Å²) in [5.74, 6) is 0.143. The van der Waals surface area contributed by atoms with Crippen LogP contribution >= 0.6 is 11.6 Å². The lowest BCUT2D eigenvalue weighted by Crippen LogP contribution is -2.46. The molecule has 104 valence electrons. The van der Waals surface area contributed by atoms with Gasteiger partial charge in [0.2, 0.25) is 0 Å². The summed E-state index contributed by atoms with van der Waals surface area (Å²) in [6, 6.07) is 15.5. The molecule has 2 N–H and O–H groups in total. The summed E-state index contributed by atoms with van der Waals surface area (Å²) in [5, 5.41) is 0.179. The molecule has 0 radical (unpaired) electrons. The van der Waals surface area contributed by atoms with E-state index in [0.29, 0.717) is 18.0 Å². The van der Waals surface area contributed by atoms with Gasteiger partial charge in [-0.1, -0.05) is 54.1 Å². The van der Waals surface area contributed by atoms with Gasteiger partial charge in [0, 0.05) is 12.0 Å². The van der Waals surface area contributed by atoms with E-state index in [9.17, 15) is 4.39 Å². The summed E-state index contributed by atoms with van der Waals surface area (Å²) in [4.78, 5) is 0. The van der Waals surface area contributed by atoms with Gasteiger partial charge in [-0.15, -0.1) is 0 Å². The molecule has 1 nitrogen and oxygen atoms in total. The van der Waals surface area contributed by atoms with E-state index in [0.717, 1.165) is 12.8 Å². The zero-order valence-electron chi connectivity index (χ0n) is 11.2. The normalized spacial score (nSPS) is 25.2. The first-order valence-electron chi connectivity index (χ1n) is 6.86. The Labute approximate surface area is 123 Å². The predicted molar refractivity (Wildman–Crippen MR) is 80.6 cm³/mol. The van der Waals surface area contributed by atoms with Crippen molar-refractivity contribution >= 4 is 11.6 Å². The van der Waals surface area contributed by atoms with Crippen molar-refractivity contribution < 1.29 is 4.39 Å². The van der Waals surface area contributed by atoms with Crippen LogP contribution in [0, 0.1) is 5.82 Å². The summed E-state index contributed by atoms with van der Waals surface area (Å²) >= 11 is 5.90. The molecule has 20 heavy (non-hydrogen) atoms. The van der Waals surface area contributed by atoms with Crippen molar-refractivity contribution in [3.63, 3.8) is 0 Å². The van der Waals surface area contributed by atoms with Gasteiger partial charge in [0.05, 0.1) is 5.02 Å². The standard InChI is InChI=1S/C17H17ClFN/c18-15-8-4-7-14(16(15)19)17(11-20)9-13(10-17)12-5-2-1-3-6-12/h1-8,13H,9-11,20H2. The molecule has 1 fully saturated rings. The first-order valence-corrected chi connectivity index (χ1v) is 7.23. The third-order valence-corrected chi connectivity index (χ3v) is 4.75. The van der Waals surface area contributed by atoms with Gasteiger partial charge < -0.3 is 5.73 Å². The summed E-state index contributed by atoms with van der Waals surface area (Å²) in [6.07, 6.45) is 1.76. The van der Waals surface area contributed by atoms with Gasteiger partial charge in [0.25, 0.3) is 0 Å². The van der Waals surface area contributed by atoms with Crippen molar-refractivity contribution in [2.24, 2.45) is 5.73 Å². The van der Waals surface area contributed by atoms with E-state index in [2.05, 4.69) is 12.1 Å². The van der Waals surface area contributed by atoms with E-state index in [1.807, 2.05) is 24.3 Å². The van der Waals surface area contributed by atoms with Crippen LogP contribution in [0.1, 0.15) is 29.9 Å². The van der Waals surface area contributed by atoms with Crippen molar-refractivity contribution in [1.82, 2.24) is 0 Å². The predicted octanol–water partition coefficient (Wildman–Crippen LogP) is 4.25. The lowest BCUT2D eigenvalue weighted by molar-refractivity contribution is 0.203. The Morgan fingerprint density at radius 1 is 1.10 bits per heavy atom. The van der Waals surface area contributed by atoms with Gasteiger partial charge in [-0.3, -0.25) is 0 Å². The zero-order chi connectivity index (χ0) is 14.2. The van der Waals surface area contributed by atoms with Gasteiger partial charge in [0.1, 0.15) is 5.82 Å². The third-order valence-electron chi connectivity index (χ3n) is 4.46. The van der Waals surface area contributed by atoms with Gasteiger partial charge in [-0.05, 0) is 36.0 Å². The fraction of sp³-hybridized carbons (Fsp3) is 0.294. The van der Waals surface area contributed by atoms with Crippen LogP contribution in [0.2, 0.25) is 5.02 Å². The second-order valence-corrected chi connectivity index (χ2v) is 6.01. The van der Waals surface area contributed by atoms with Crippen LogP contribution in [0.3, 0.4) is 0 Å². The Balaban J connectivity index is 1.88. The Kier molecular flexibility index (Phi) is 3.53. The molecule has 0 aliphatic heterocycles. The van der Waals surface area contributed by atoms with Crippen molar-refractivity contribution in [1.29, 1.82) is 0 Å². The highest BCUT2D eigenvalue weighted by atomic mass is 35.5. The number of benzene rings is 2. The Bertz CT molecular complexity index is 606. The van der Waals surface area contributed by atoms with Gasteiger partial charge in [0.15, 0.2) is 0 Å². The zero-order valence-corrected chi connectivity index (χ0v) is 11.9. The summed E-state index contributed by atoms with van der Waals surface area (Å²) < 4.78 is 14.2. The van der Waals surface area contributed by atoms with Gasteiger partial charge >= 0.3 is 0 Å². The lowest BCUT2D eigenvalue weighted by atomic mass is 9.57. The van der Waals surface area contributed by atoms with Crippen LogP contribution < -0.4 is 5.73 Å². The Morgan fingerprint density at radius 3 is 2.45 bits per heavy atom. The summed E-state index contributed by atoms with van der Waals surface area (Å²) in [5.41, 5.74) is 7.65. The Morgan fingerprint density at radius 2 is 1.80 bits per heavy atom. The second-order valence-electron chi connectivity index (χ2n) is 5.60. The molecule has 2 aromatic rings. The molecular formula is C17H17ClFN. The van der Waals surface area contributed by atoms with E-state index in [4.69, 9.17) is 17.3 Å². The first-order chi connectivity index (χ1) is 9.66. The SMILES string of the molecule is NCC1(c2cccc(Cl)c2F)CC(c2ccccc2)C1. The van der Waals surface area contributed by atoms with Crippen LogP contribution in [-0.2, 0) is 5.41 Å². The highest BCUT2D eigenvalue weighted by Crippen LogP contribution is 2.52. The molecule has 0 bridgehead atoms. The fourth-order valence-corrected chi connectivity index (χ4v) is 3.43. The first kappa shape index (κ1) is 13.6. The molecule has 3 heteroatoms. The maximum absolute atomic E-state index is 14.2. The van der Waals surface area contributed by atoms with E-state index >= 15 is 0 Å². The summed E-state index contributed by atoms with van der Waals surface area (Å²) in [7, 11) is 0. The molecule has 0 saturated heterocycles. The molecule has 0 aromatic heterocycles. The number of rotatable bonds is 3. The number of hydrogen-bond acceptors (Lipinski definition) is 1. The van der Waals surface area contributed by atoms with Crippen LogP contribution in [0.5, 0.6) is 0 Å². The second kappa shape index (κ2) is 5.19. The fourth-order valence-electron chi connectivity index (χ4n) is 3.25. The molecule has 1 aliphatic rings. The van der Waals surface area contributed by atoms with Crippen molar-refractivity contribution in [3.8, 4) is 0 Å². The van der Waals surface area contributed by atoms with Crippen molar-refractivity contribution in [2.75, 3.05) is 6.54 Å². The van der Waals surface area contributed by atoms with Crippen LogP contribution in [-0.4, -0.2) is 6.54 Å². The average Bonchev–Trinajstić information content (AvgIpc) is 2.44. The minimum Gasteiger partial charge on any atom is -0.330 e. The minimum absolute atomic E-state index is 0.179. The molecule has 1 saturated carbocycles. The largest absolute Gasteiger partial charge is 0.330 e. The molecule has 0 atom stereocenters. The van der Waals surface area contributed by atoms with E-state index < -0.39 is 0 Å². The molecule has 2 aromatic carbocycles. The third kappa shape index (κ3) is 2.13. The van der Waals surface area contributed by atoms with E-state index in [1.165, 1.54) is 5.56 Å². The number of nitrogens with two attached hydrogens (primary N) is 1. The van der Waals surface area contributed by atoms with Gasteiger partial charge in [-0.2, -0.15) is 0 Å². The van der Waals surface area contributed by atoms with Crippen LogP contribution in [0.4, 0.5) is 4.39 Å². The molecule has 3 rings (SSSR count). The number of hydrogen-bond donors (Lipinski definition) is 1. The Hall–Kier alpha value is -1.38. The monoisotopic (exact) mass is 289 g/mol. The molecular weight excluding hydrogens is 273 g/mol. The maximum Gasteiger partial charge on any atom is 0.145 e. The van der Waals surface area contributed by atoms with Crippen LogP contribution in [0.25, 0.3) is 0 Å². The van der Waals surface area contributed by atoms with Crippen molar-refractivity contribution in [3.05, 3.63) is 70.5 Å². The molecule has 0 heterocycles. The van der Waals surface area contributed by atoms with E-state index in [1.54, 1.807) is 12.1 Å². The molecule has 0 spiro atoms. The van der Waals surface area contributed by atoms with Crippen LogP contribution in [0.15, 0.2) is 48.5 Å². The average molecular weight is 290 g/mol. The highest BCUT2D eigenvalue weighted by molar-refractivity contribution is 6.30.